The van der Waals surface area contributed by atoms with Crippen molar-refractivity contribution < 1.29 is 9.72 Å². The van der Waals surface area contributed by atoms with Crippen molar-refractivity contribution in [3.05, 3.63) is 81.5 Å². The molecule has 1 heterocycles. The molecule has 2 aromatic rings. The number of nitro groups is 1. The Balaban J connectivity index is 2.06. The van der Waals surface area contributed by atoms with E-state index < -0.39 is 11.0 Å². The zero-order chi connectivity index (χ0) is 16.4. The van der Waals surface area contributed by atoms with E-state index in [0.29, 0.717) is 16.7 Å². The Morgan fingerprint density at radius 2 is 1.91 bits per heavy atom. The molecule has 0 fully saturated rings. The van der Waals surface area contributed by atoms with Gasteiger partial charge in [0, 0.05) is 23.4 Å². The minimum absolute atomic E-state index is 0.0780. The molecule has 1 amide bonds. The van der Waals surface area contributed by atoms with Gasteiger partial charge in [0.25, 0.3) is 11.6 Å². The monoisotopic (exact) mass is 305 g/mol. The third-order valence-corrected chi connectivity index (χ3v) is 3.67. The highest BCUT2D eigenvalue weighted by atomic mass is 16.6. The Labute approximate surface area is 132 Å². The first-order valence-electron chi connectivity index (χ1n) is 6.86. The summed E-state index contributed by atoms with van der Waals surface area (Å²) in [6.45, 7) is 0. The van der Waals surface area contributed by atoms with Crippen molar-refractivity contribution in [3.63, 3.8) is 0 Å². The Hall–Kier alpha value is -3.46. The molecule has 0 spiro atoms. The highest BCUT2D eigenvalue weighted by molar-refractivity contribution is 5.96. The van der Waals surface area contributed by atoms with Crippen LogP contribution in [0.2, 0.25) is 0 Å². The summed E-state index contributed by atoms with van der Waals surface area (Å²) in [5.41, 5.74) is 1.19. The van der Waals surface area contributed by atoms with Crippen molar-refractivity contribution in [1.82, 2.24) is 4.90 Å². The van der Waals surface area contributed by atoms with Crippen LogP contribution in [0, 0.1) is 21.4 Å². The fourth-order valence-corrected chi connectivity index (χ4v) is 2.59. The number of carbonyl (C=O) groups is 1. The highest BCUT2D eigenvalue weighted by Gasteiger charge is 2.31. The first kappa shape index (κ1) is 14.5. The Morgan fingerprint density at radius 1 is 1.17 bits per heavy atom. The van der Waals surface area contributed by atoms with Crippen LogP contribution < -0.4 is 0 Å². The van der Waals surface area contributed by atoms with Gasteiger partial charge in [-0.25, -0.2) is 0 Å². The lowest BCUT2D eigenvalue weighted by Gasteiger charge is -2.28. The predicted molar refractivity (Wildman–Crippen MR) is 83.1 cm³/mol. The molecule has 3 rings (SSSR count). The molecule has 0 saturated carbocycles. The highest BCUT2D eigenvalue weighted by Crippen LogP contribution is 2.35. The summed E-state index contributed by atoms with van der Waals surface area (Å²) in [5.74, 6) is -0.328. The molecule has 1 aliphatic heterocycles. The average Bonchev–Trinajstić information content (AvgIpc) is 2.60. The minimum atomic E-state index is -0.900. The van der Waals surface area contributed by atoms with E-state index in [4.69, 9.17) is 0 Å². The standard InChI is InChI=1S/C17H11N3O3/c18-11-16-13-7-4-8-15(20(22)23)14(13)9-10-19(16)17(21)12-5-2-1-3-6-12/h1-10,16H. The Kier molecular flexibility index (Phi) is 3.61. The number of nitrogens with zero attached hydrogens (tertiary/aromatic N) is 3. The summed E-state index contributed by atoms with van der Waals surface area (Å²) in [6.07, 6.45) is 2.93. The molecule has 0 N–H and O–H groups in total. The lowest BCUT2D eigenvalue weighted by Crippen LogP contribution is -2.31. The summed E-state index contributed by atoms with van der Waals surface area (Å²) >= 11 is 0. The zero-order valence-corrected chi connectivity index (χ0v) is 11.9. The predicted octanol–water partition coefficient (Wildman–Crippen LogP) is 3.29. The quantitative estimate of drug-likeness (QED) is 0.629. The third kappa shape index (κ3) is 2.45. The fourth-order valence-electron chi connectivity index (χ4n) is 2.59. The van der Waals surface area contributed by atoms with Gasteiger partial charge in [-0.15, -0.1) is 0 Å². The van der Waals surface area contributed by atoms with E-state index in [1.54, 1.807) is 36.4 Å². The van der Waals surface area contributed by atoms with Gasteiger partial charge in [-0.3, -0.25) is 19.8 Å². The fraction of sp³-hybridized carbons (Fsp3) is 0.0588. The maximum atomic E-state index is 12.6. The van der Waals surface area contributed by atoms with Crippen LogP contribution in [0.25, 0.3) is 6.08 Å². The van der Waals surface area contributed by atoms with Gasteiger partial charge >= 0.3 is 0 Å². The summed E-state index contributed by atoms with van der Waals surface area (Å²) < 4.78 is 0. The first-order chi connectivity index (χ1) is 11.1. The van der Waals surface area contributed by atoms with Crippen LogP contribution >= 0.6 is 0 Å². The number of benzene rings is 2. The molecular weight excluding hydrogens is 294 g/mol. The van der Waals surface area contributed by atoms with Gasteiger partial charge in [0.1, 0.15) is 6.04 Å². The molecule has 23 heavy (non-hydrogen) atoms. The van der Waals surface area contributed by atoms with Crippen LogP contribution in [0.1, 0.15) is 27.5 Å². The lowest BCUT2D eigenvalue weighted by atomic mass is 9.95. The molecule has 0 bridgehead atoms. The van der Waals surface area contributed by atoms with E-state index in [9.17, 15) is 20.2 Å². The summed E-state index contributed by atoms with van der Waals surface area (Å²) in [7, 11) is 0. The van der Waals surface area contributed by atoms with Crippen molar-refractivity contribution in [1.29, 1.82) is 5.26 Å². The number of hydrogen-bond acceptors (Lipinski definition) is 4. The second-order valence-corrected chi connectivity index (χ2v) is 4.96. The van der Waals surface area contributed by atoms with Crippen LogP contribution in [0.4, 0.5) is 5.69 Å². The minimum Gasteiger partial charge on any atom is -0.294 e. The van der Waals surface area contributed by atoms with Gasteiger partial charge in [-0.1, -0.05) is 30.3 Å². The van der Waals surface area contributed by atoms with Crippen molar-refractivity contribution >= 4 is 17.7 Å². The summed E-state index contributed by atoms with van der Waals surface area (Å²) in [4.78, 5) is 24.5. The van der Waals surface area contributed by atoms with E-state index in [1.807, 2.05) is 0 Å². The van der Waals surface area contributed by atoms with E-state index in [2.05, 4.69) is 6.07 Å². The smallest absolute Gasteiger partial charge is 0.277 e. The lowest BCUT2D eigenvalue weighted by molar-refractivity contribution is -0.385. The second kappa shape index (κ2) is 5.73. The molecule has 0 radical (unpaired) electrons. The van der Waals surface area contributed by atoms with Crippen LogP contribution in [-0.4, -0.2) is 15.7 Å². The van der Waals surface area contributed by atoms with Crippen LogP contribution in [0.5, 0.6) is 0 Å². The number of amides is 1. The number of carbonyl (C=O) groups excluding carboxylic acids is 1. The first-order valence-corrected chi connectivity index (χ1v) is 6.86. The van der Waals surface area contributed by atoms with Crippen LogP contribution in [0.15, 0.2) is 54.7 Å². The van der Waals surface area contributed by atoms with Crippen molar-refractivity contribution in [3.8, 4) is 6.07 Å². The molecule has 2 aromatic carbocycles. The molecule has 112 valence electrons. The Morgan fingerprint density at radius 3 is 2.57 bits per heavy atom. The van der Waals surface area contributed by atoms with Gasteiger partial charge in [-0.05, 0) is 18.2 Å². The summed E-state index contributed by atoms with van der Waals surface area (Å²) in [6, 6.07) is 14.3. The van der Waals surface area contributed by atoms with Gasteiger partial charge in [0.05, 0.1) is 16.6 Å². The molecule has 0 aliphatic carbocycles. The number of nitro benzene ring substituents is 1. The Bertz CT molecular complexity index is 853. The molecule has 6 heteroatoms. The van der Waals surface area contributed by atoms with E-state index in [0.717, 1.165) is 0 Å². The molecule has 1 atom stereocenters. The van der Waals surface area contributed by atoms with Gasteiger partial charge in [0.15, 0.2) is 0 Å². The largest absolute Gasteiger partial charge is 0.294 e. The maximum absolute atomic E-state index is 12.6. The molecule has 1 unspecified atom stereocenters. The number of nitriles is 1. The second-order valence-electron chi connectivity index (χ2n) is 4.96. The number of fused-ring (bicyclic) bond motifs is 1. The van der Waals surface area contributed by atoms with Crippen molar-refractivity contribution in [2.45, 2.75) is 6.04 Å². The zero-order valence-electron chi connectivity index (χ0n) is 11.9. The van der Waals surface area contributed by atoms with Crippen LogP contribution in [0.3, 0.4) is 0 Å². The molecule has 0 saturated heterocycles. The summed E-state index contributed by atoms with van der Waals surface area (Å²) in [5, 5.41) is 20.6. The molecular formula is C17H11N3O3. The number of rotatable bonds is 2. The van der Waals surface area contributed by atoms with E-state index in [-0.39, 0.29) is 11.6 Å². The van der Waals surface area contributed by atoms with Crippen LogP contribution in [-0.2, 0) is 0 Å². The molecule has 1 aliphatic rings. The molecule has 0 aromatic heterocycles. The normalized spacial score (nSPS) is 15.6. The topological polar surface area (TPSA) is 87.2 Å². The molecule has 6 nitrogen and oxygen atoms in total. The number of hydrogen-bond donors (Lipinski definition) is 0. The SMILES string of the molecule is N#CC1c2cccc([N+](=O)[O-])c2C=CN1C(=O)c1ccccc1. The van der Waals surface area contributed by atoms with E-state index in [1.165, 1.54) is 29.3 Å². The van der Waals surface area contributed by atoms with E-state index >= 15 is 0 Å². The van der Waals surface area contributed by atoms with Gasteiger partial charge < -0.3 is 0 Å². The van der Waals surface area contributed by atoms with Crippen molar-refractivity contribution in [2.75, 3.05) is 0 Å². The van der Waals surface area contributed by atoms with Gasteiger partial charge in [-0.2, -0.15) is 5.26 Å². The average molecular weight is 305 g/mol. The maximum Gasteiger partial charge on any atom is 0.277 e. The third-order valence-electron chi connectivity index (χ3n) is 3.67. The van der Waals surface area contributed by atoms with Gasteiger partial charge in [0.2, 0.25) is 0 Å². The van der Waals surface area contributed by atoms with Crippen molar-refractivity contribution in [2.24, 2.45) is 0 Å².